The van der Waals surface area contributed by atoms with Crippen LogP contribution in [-0.2, 0) is 11.2 Å². The maximum Gasteiger partial charge on any atom is 0.347 e. The van der Waals surface area contributed by atoms with Crippen LogP contribution in [0.4, 0.5) is 0 Å². The van der Waals surface area contributed by atoms with Crippen molar-refractivity contribution in [2.75, 3.05) is 13.1 Å². The van der Waals surface area contributed by atoms with Gasteiger partial charge in [-0.05, 0) is 37.3 Å². The molecule has 0 radical (unpaired) electrons. The largest absolute Gasteiger partial charge is 0.347 e. The number of hydrogen-bond acceptors (Lipinski definition) is 5. The second-order valence-electron chi connectivity index (χ2n) is 8.71. The molecule has 1 N–H and O–H groups in total. The smallest absolute Gasteiger partial charge is 0.342 e. The van der Waals surface area contributed by atoms with E-state index in [1.807, 2.05) is 45.8 Å². The number of nitrogens with zero attached hydrogens (tertiary/aromatic N) is 6. The summed E-state index contributed by atoms with van der Waals surface area (Å²) in [7, 11) is 0. The predicted molar refractivity (Wildman–Crippen MR) is 117 cm³/mol. The molecule has 3 aromatic heterocycles. The van der Waals surface area contributed by atoms with Gasteiger partial charge in [0.2, 0.25) is 5.91 Å². The van der Waals surface area contributed by atoms with Crippen molar-refractivity contribution < 1.29 is 4.79 Å². The summed E-state index contributed by atoms with van der Waals surface area (Å²) in [5.74, 6) is 1.56. The Bertz CT molecular complexity index is 1350. The molecule has 0 unspecified atom stereocenters. The SMILES string of the molecule is O=C(C1CC1)N1CC[C@@H](Cc2n[nH]c(=O)n2-c2ccc(-c3cc4nccn4cn3)cc2)C1. The first-order valence-corrected chi connectivity index (χ1v) is 11.0. The van der Waals surface area contributed by atoms with Gasteiger partial charge in [0.05, 0.1) is 11.4 Å². The van der Waals surface area contributed by atoms with Gasteiger partial charge in [0, 0.05) is 49.5 Å². The maximum atomic E-state index is 12.5. The zero-order chi connectivity index (χ0) is 21.7. The number of fused-ring (bicyclic) bond motifs is 1. The van der Waals surface area contributed by atoms with Crippen LogP contribution in [-0.4, -0.2) is 53.0 Å². The zero-order valence-electron chi connectivity index (χ0n) is 17.5. The molecule has 1 amide bonds. The van der Waals surface area contributed by atoms with E-state index in [4.69, 9.17) is 0 Å². The number of likely N-dealkylation sites (tertiary alicyclic amines) is 1. The lowest BCUT2D eigenvalue weighted by atomic mass is 10.0. The van der Waals surface area contributed by atoms with Crippen molar-refractivity contribution in [3.05, 3.63) is 65.4 Å². The van der Waals surface area contributed by atoms with E-state index in [-0.39, 0.29) is 11.6 Å². The third kappa shape index (κ3) is 3.39. The summed E-state index contributed by atoms with van der Waals surface area (Å²) < 4.78 is 3.48. The van der Waals surface area contributed by atoms with Crippen LogP contribution in [0.5, 0.6) is 0 Å². The Balaban J connectivity index is 1.22. The maximum absolute atomic E-state index is 12.5. The Morgan fingerprint density at radius 3 is 2.78 bits per heavy atom. The molecule has 4 aromatic rings. The second kappa shape index (κ2) is 7.44. The average Bonchev–Trinajstić information content (AvgIpc) is 3.20. The van der Waals surface area contributed by atoms with Crippen LogP contribution in [0.1, 0.15) is 25.1 Å². The van der Waals surface area contributed by atoms with Gasteiger partial charge in [-0.15, -0.1) is 0 Å². The molecule has 1 atom stereocenters. The van der Waals surface area contributed by atoms with Gasteiger partial charge in [-0.1, -0.05) is 12.1 Å². The van der Waals surface area contributed by atoms with Crippen LogP contribution >= 0.6 is 0 Å². The van der Waals surface area contributed by atoms with Gasteiger partial charge >= 0.3 is 5.69 Å². The molecule has 2 fully saturated rings. The molecular formula is C23H23N7O2. The average molecular weight is 429 g/mol. The normalized spacial score (nSPS) is 18.5. The number of carbonyl (C=O) groups is 1. The number of hydrogen-bond donors (Lipinski definition) is 1. The number of aromatic amines is 1. The van der Waals surface area contributed by atoms with Gasteiger partial charge in [0.25, 0.3) is 0 Å². The summed E-state index contributed by atoms with van der Waals surface area (Å²) in [4.78, 5) is 35.6. The minimum Gasteiger partial charge on any atom is -0.342 e. The number of benzene rings is 1. The molecule has 0 spiro atoms. The lowest BCUT2D eigenvalue weighted by molar-refractivity contribution is -0.131. The minimum absolute atomic E-state index is 0.250. The summed E-state index contributed by atoms with van der Waals surface area (Å²) in [6.45, 7) is 1.55. The van der Waals surface area contributed by atoms with E-state index in [2.05, 4.69) is 20.2 Å². The molecule has 2 aliphatic rings. The summed E-state index contributed by atoms with van der Waals surface area (Å²) >= 11 is 0. The molecule has 1 aliphatic heterocycles. The van der Waals surface area contributed by atoms with E-state index in [1.165, 1.54) is 0 Å². The highest BCUT2D eigenvalue weighted by Gasteiger charge is 2.36. The van der Waals surface area contributed by atoms with Crippen molar-refractivity contribution in [1.82, 2.24) is 34.0 Å². The van der Waals surface area contributed by atoms with Gasteiger partial charge in [-0.25, -0.2) is 24.4 Å². The van der Waals surface area contributed by atoms with Gasteiger partial charge < -0.3 is 4.90 Å². The van der Waals surface area contributed by atoms with E-state index in [0.717, 1.165) is 54.9 Å². The highest BCUT2D eigenvalue weighted by molar-refractivity contribution is 5.81. The molecule has 1 aromatic carbocycles. The number of aromatic nitrogens is 6. The molecule has 6 rings (SSSR count). The molecule has 32 heavy (non-hydrogen) atoms. The first kappa shape index (κ1) is 19.0. The Morgan fingerprint density at radius 2 is 1.97 bits per heavy atom. The van der Waals surface area contributed by atoms with Gasteiger partial charge in [-0.2, -0.15) is 5.10 Å². The second-order valence-corrected chi connectivity index (χ2v) is 8.71. The van der Waals surface area contributed by atoms with Crippen LogP contribution in [0.3, 0.4) is 0 Å². The summed E-state index contributed by atoms with van der Waals surface area (Å²) in [6, 6.07) is 9.65. The van der Waals surface area contributed by atoms with Crippen LogP contribution in [0.2, 0.25) is 0 Å². The van der Waals surface area contributed by atoms with Crippen LogP contribution in [0.15, 0.2) is 53.8 Å². The summed E-state index contributed by atoms with van der Waals surface area (Å²) in [5.41, 5.74) is 3.10. The van der Waals surface area contributed by atoms with Crippen molar-refractivity contribution >= 4 is 11.6 Å². The summed E-state index contributed by atoms with van der Waals surface area (Å²) in [6.07, 6.45) is 8.99. The Kier molecular flexibility index (Phi) is 4.41. The van der Waals surface area contributed by atoms with Gasteiger partial charge in [0.15, 0.2) is 0 Å². The first-order valence-electron chi connectivity index (χ1n) is 11.0. The third-order valence-electron chi connectivity index (χ3n) is 6.44. The number of rotatable bonds is 5. The van der Waals surface area contributed by atoms with Crippen LogP contribution in [0, 0.1) is 11.8 Å². The van der Waals surface area contributed by atoms with Gasteiger partial charge in [-0.3, -0.25) is 9.20 Å². The molecule has 1 saturated heterocycles. The number of amides is 1. The quantitative estimate of drug-likeness (QED) is 0.523. The molecule has 162 valence electrons. The van der Waals surface area contributed by atoms with Crippen LogP contribution in [0.25, 0.3) is 22.6 Å². The fourth-order valence-corrected chi connectivity index (χ4v) is 4.54. The van der Waals surface area contributed by atoms with E-state index in [0.29, 0.717) is 24.1 Å². The predicted octanol–water partition coefficient (Wildman–Crippen LogP) is 2.07. The standard InChI is InChI=1S/C23H23N7O2/c31-22(17-1-2-17)28-9-7-15(13-28)11-21-26-27-23(32)30(21)18-5-3-16(4-6-18)19-12-20-24-8-10-29(20)14-25-19/h3-6,8,10,12,14-15,17H,1-2,7,9,11,13H2,(H,27,32)/t15-/m0/s1. The molecule has 4 heterocycles. The van der Waals surface area contributed by atoms with Crippen molar-refractivity contribution in [2.45, 2.75) is 25.7 Å². The fourth-order valence-electron chi connectivity index (χ4n) is 4.54. The monoisotopic (exact) mass is 429 g/mol. The summed E-state index contributed by atoms with van der Waals surface area (Å²) in [5, 5.41) is 6.87. The molecule has 9 nitrogen and oxygen atoms in total. The topological polar surface area (TPSA) is 101 Å². The number of nitrogens with one attached hydrogen (secondary N) is 1. The molecular weight excluding hydrogens is 406 g/mol. The number of carbonyl (C=O) groups excluding carboxylic acids is 1. The Labute approximate surface area is 183 Å². The molecule has 1 saturated carbocycles. The Hall–Kier alpha value is -3.75. The zero-order valence-corrected chi connectivity index (χ0v) is 17.5. The highest BCUT2D eigenvalue weighted by atomic mass is 16.2. The van der Waals surface area contributed by atoms with E-state index in [9.17, 15) is 9.59 Å². The molecule has 1 aliphatic carbocycles. The van der Waals surface area contributed by atoms with Crippen molar-refractivity contribution in [3.8, 4) is 16.9 Å². The first-order chi connectivity index (χ1) is 15.7. The van der Waals surface area contributed by atoms with E-state index in [1.54, 1.807) is 17.1 Å². The fraction of sp³-hybridized carbons (Fsp3) is 0.348. The third-order valence-corrected chi connectivity index (χ3v) is 6.44. The van der Waals surface area contributed by atoms with Crippen LogP contribution < -0.4 is 5.69 Å². The lowest BCUT2D eigenvalue weighted by Gasteiger charge is -2.16. The van der Waals surface area contributed by atoms with Crippen molar-refractivity contribution in [3.63, 3.8) is 0 Å². The molecule has 0 bridgehead atoms. The van der Waals surface area contributed by atoms with Crippen molar-refractivity contribution in [2.24, 2.45) is 11.8 Å². The lowest BCUT2D eigenvalue weighted by Crippen LogP contribution is -2.30. The van der Waals surface area contributed by atoms with Gasteiger partial charge in [0.1, 0.15) is 17.8 Å². The number of imidazole rings is 1. The number of H-pyrrole nitrogens is 1. The minimum atomic E-state index is -0.256. The van der Waals surface area contributed by atoms with Crippen molar-refractivity contribution in [1.29, 1.82) is 0 Å². The van der Waals surface area contributed by atoms with E-state index >= 15 is 0 Å². The molecule has 9 heteroatoms. The Morgan fingerprint density at radius 1 is 1.12 bits per heavy atom. The van der Waals surface area contributed by atoms with E-state index < -0.39 is 0 Å². The highest BCUT2D eigenvalue weighted by Crippen LogP contribution is 2.33.